The third-order valence-corrected chi connectivity index (χ3v) is 5.28. The number of hydrogen-bond donors (Lipinski definition) is 1. The van der Waals surface area contributed by atoms with Crippen molar-refractivity contribution < 1.29 is 9.90 Å². The summed E-state index contributed by atoms with van der Waals surface area (Å²) in [5.41, 5.74) is 1.13. The van der Waals surface area contributed by atoms with Crippen molar-refractivity contribution in [1.29, 1.82) is 0 Å². The number of thiophene rings is 1. The SMILES string of the molecule is O=C(O)c1cc(N2CCCC2C2CCCC2)cs1. The van der Waals surface area contributed by atoms with Crippen LogP contribution in [0.15, 0.2) is 11.4 Å². The molecule has 2 fully saturated rings. The standard InChI is InChI=1S/C14H19NO2S/c16-14(17)13-8-11(9-18-13)15-7-3-6-12(15)10-4-1-2-5-10/h8-10,12H,1-7H2,(H,16,17). The minimum Gasteiger partial charge on any atom is -0.477 e. The van der Waals surface area contributed by atoms with Gasteiger partial charge in [0.15, 0.2) is 0 Å². The molecule has 18 heavy (non-hydrogen) atoms. The number of carbonyl (C=O) groups is 1. The van der Waals surface area contributed by atoms with Crippen molar-refractivity contribution in [3.8, 4) is 0 Å². The smallest absolute Gasteiger partial charge is 0.345 e. The van der Waals surface area contributed by atoms with Gasteiger partial charge in [-0.3, -0.25) is 0 Å². The van der Waals surface area contributed by atoms with Gasteiger partial charge in [0.05, 0.1) is 0 Å². The second-order valence-electron chi connectivity index (χ2n) is 5.42. The molecule has 98 valence electrons. The van der Waals surface area contributed by atoms with Crippen LogP contribution in [-0.2, 0) is 0 Å². The lowest BCUT2D eigenvalue weighted by molar-refractivity contribution is 0.0702. The van der Waals surface area contributed by atoms with Gasteiger partial charge in [-0.15, -0.1) is 11.3 Å². The van der Waals surface area contributed by atoms with E-state index in [0.29, 0.717) is 10.9 Å². The lowest BCUT2D eigenvalue weighted by atomic mass is 9.96. The van der Waals surface area contributed by atoms with E-state index in [2.05, 4.69) is 4.90 Å². The highest BCUT2D eigenvalue weighted by Gasteiger charge is 2.33. The number of hydrogen-bond acceptors (Lipinski definition) is 3. The topological polar surface area (TPSA) is 40.5 Å². The van der Waals surface area contributed by atoms with E-state index >= 15 is 0 Å². The summed E-state index contributed by atoms with van der Waals surface area (Å²) >= 11 is 1.35. The highest BCUT2D eigenvalue weighted by atomic mass is 32.1. The monoisotopic (exact) mass is 265 g/mol. The van der Waals surface area contributed by atoms with Gasteiger partial charge >= 0.3 is 5.97 Å². The maximum Gasteiger partial charge on any atom is 0.345 e. The molecule has 1 aromatic rings. The molecule has 3 nitrogen and oxygen atoms in total. The quantitative estimate of drug-likeness (QED) is 0.907. The largest absolute Gasteiger partial charge is 0.477 e. The van der Waals surface area contributed by atoms with Crippen molar-refractivity contribution in [2.45, 2.75) is 44.6 Å². The van der Waals surface area contributed by atoms with Crippen LogP contribution in [-0.4, -0.2) is 23.7 Å². The van der Waals surface area contributed by atoms with Gasteiger partial charge in [0.2, 0.25) is 0 Å². The molecule has 0 spiro atoms. The third kappa shape index (κ3) is 2.14. The minimum absolute atomic E-state index is 0.460. The summed E-state index contributed by atoms with van der Waals surface area (Å²) in [4.78, 5) is 13.9. The third-order valence-electron chi connectivity index (χ3n) is 4.37. The molecule has 0 aromatic carbocycles. The Hall–Kier alpha value is -1.03. The predicted octanol–water partition coefficient (Wildman–Crippen LogP) is 3.61. The summed E-state index contributed by atoms with van der Waals surface area (Å²) in [5.74, 6) is 0.0311. The molecular weight excluding hydrogens is 246 g/mol. The Balaban J connectivity index is 1.78. The zero-order chi connectivity index (χ0) is 12.5. The second kappa shape index (κ2) is 4.92. The molecule has 4 heteroatoms. The Morgan fingerprint density at radius 1 is 1.28 bits per heavy atom. The molecule has 2 aliphatic rings. The predicted molar refractivity (Wildman–Crippen MR) is 73.6 cm³/mol. The maximum atomic E-state index is 11.0. The average molecular weight is 265 g/mol. The maximum absolute atomic E-state index is 11.0. The number of carboxylic acids is 1. The van der Waals surface area contributed by atoms with Crippen LogP contribution in [0.25, 0.3) is 0 Å². The van der Waals surface area contributed by atoms with Crippen LogP contribution >= 0.6 is 11.3 Å². The summed E-state index contributed by atoms with van der Waals surface area (Å²) in [6, 6.07) is 2.50. The van der Waals surface area contributed by atoms with Crippen molar-refractivity contribution in [3.05, 3.63) is 16.3 Å². The Kier molecular flexibility index (Phi) is 3.29. The van der Waals surface area contributed by atoms with Gasteiger partial charge < -0.3 is 10.0 Å². The van der Waals surface area contributed by atoms with Gasteiger partial charge in [0.25, 0.3) is 0 Å². The number of nitrogens with zero attached hydrogens (tertiary/aromatic N) is 1. The van der Waals surface area contributed by atoms with E-state index in [4.69, 9.17) is 5.11 Å². The fourth-order valence-corrected chi connectivity index (χ4v) is 4.28. The molecule has 0 bridgehead atoms. The summed E-state index contributed by atoms with van der Waals surface area (Å²) in [7, 11) is 0. The first-order chi connectivity index (χ1) is 8.75. The van der Waals surface area contributed by atoms with Crippen molar-refractivity contribution in [3.63, 3.8) is 0 Å². The summed E-state index contributed by atoms with van der Waals surface area (Å²) in [6.45, 7) is 1.09. The van der Waals surface area contributed by atoms with Crippen LogP contribution in [0.2, 0.25) is 0 Å². The number of aromatic carboxylic acids is 1. The highest BCUT2D eigenvalue weighted by Crippen LogP contribution is 2.38. The first kappa shape index (κ1) is 12.0. The molecule has 1 aromatic heterocycles. The fourth-order valence-electron chi connectivity index (χ4n) is 3.53. The Morgan fingerprint density at radius 3 is 2.72 bits per heavy atom. The molecule has 1 aliphatic carbocycles. The molecule has 1 aliphatic heterocycles. The van der Waals surface area contributed by atoms with E-state index < -0.39 is 5.97 Å². The highest BCUT2D eigenvalue weighted by molar-refractivity contribution is 7.12. The van der Waals surface area contributed by atoms with E-state index in [9.17, 15) is 4.79 Å². The molecule has 3 rings (SSSR count). The van der Waals surface area contributed by atoms with Gasteiger partial charge in [-0.1, -0.05) is 12.8 Å². The normalized spacial score (nSPS) is 24.9. The van der Waals surface area contributed by atoms with Gasteiger partial charge in [-0.2, -0.15) is 0 Å². The zero-order valence-electron chi connectivity index (χ0n) is 10.5. The second-order valence-corrected chi connectivity index (χ2v) is 6.33. The summed E-state index contributed by atoms with van der Waals surface area (Å²) in [5, 5.41) is 11.0. The summed E-state index contributed by atoms with van der Waals surface area (Å²) < 4.78 is 0. The van der Waals surface area contributed by atoms with Crippen molar-refractivity contribution in [2.24, 2.45) is 5.92 Å². The molecule has 1 unspecified atom stereocenters. The van der Waals surface area contributed by atoms with Crippen LogP contribution in [0, 0.1) is 5.92 Å². The van der Waals surface area contributed by atoms with Crippen LogP contribution in [0.3, 0.4) is 0 Å². The van der Waals surface area contributed by atoms with Crippen LogP contribution < -0.4 is 4.90 Å². The van der Waals surface area contributed by atoms with Crippen LogP contribution in [0.4, 0.5) is 5.69 Å². The first-order valence-corrected chi connectivity index (χ1v) is 7.72. The van der Waals surface area contributed by atoms with E-state index in [1.807, 2.05) is 11.4 Å². The molecule has 1 atom stereocenters. The molecule has 0 radical (unpaired) electrons. The molecule has 1 saturated carbocycles. The summed E-state index contributed by atoms with van der Waals surface area (Å²) in [6.07, 6.45) is 7.99. The van der Waals surface area contributed by atoms with E-state index in [0.717, 1.165) is 18.2 Å². The average Bonchev–Trinajstić information content (AvgIpc) is 3.10. The molecular formula is C14H19NO2S. The van der Waals surface area contributed by atoms with Gasteiger partial charge in [-0.25, -0.2) is 4.79 Å². The first-order valence-electron chi connectivity index (χ1n) is 6.84. The van der Waals surface area contributed by atoms with Gasteiger partial charge in [0.1, 0.15) is 4.88 Å². The molecule has 0 amide bonds. The van der Waals surface area contributed by atoms with E-state index in [-0.39, 0.29) is 0 Å². The molecule has 2 heterocycles. The van der Waals surface area contributed by atoms with Crippen LogP contribution in [0.1, 0.15) is 48.2 Å². The molecule has 1 saturated heterocycles. The Morgan fingerprint density at radius 2 is 2.06 bits per heavy atom. The van der Waals surface area contributed by atoms with Gasteiger partial charge in [-0.05, 0) is 37.7 Å². The lowest BCUT2D eigenvalue weighted by Gasteiger charge is -2.30. The Labute approximate surface area is 111 Å². The van der Waals surface area contributed by atoms with Gasteiger partial charge in [0, 0.05) is 23.7 Å². The van der Waals surface area contributed by atoms with Crippen molar-refractivity contribution in [1.82, 2.24) is 0 Å². The number of anilines is 1. The molecule has 1 N–H and O–H groups in total. The zero-order valence-corrected chi connectivity index (χ0v) is 11.3. The number of rotatable bonds is 3. The van der Waals surface area contributed by atoms with Crippen LogP contribution in [0.5, 0.6) is 0 Å². The van der Waals surface area contributed by atoms with E-state index in [1.165, 1.54) is 49.9 Å². The fraction of sp³-hybridized carbons (Fsp3) is 0.643. The van der Waals surface area contributed by atoms with Crippen molar-refractivity contribution >= 4 is 23.0 Å². The Bertz CT molecular complexity index is 437. The lowest BCUT2D eigenvalue weighted by Crippen LogP contribution is -2.34. The van der Waals surface area contributed by atoms with E-state index in [1.54, 1.807) is 0 Å². The van der Waals surface area contributed by atoms with Crippen molar-refractivity contribution in [2.75, 3.05) is 11.4 Å². The number of carboxylic acid groups (broad SMARTS) is 1. The minimum atomic E-state index is -0.803.